The van der Waals surface area contributed by atoms with E-state index < -0.39 is 27.6 Å². The zero-order valence-electron chi connectivity index (χ0n) is 16.7. The van der Waals surface area contributed by atoms with E-state index in [9.17, 15) is 22.0 Å². The van der Waals surface area contributed by atoms with Crippen molar-refractivity contribution in [3.8, 4) is 0 Å². The number of piperazine rings is 1. The van der Waals surface area contributed by atoms with Crippen molar-refractivity contribution in [3.05, 3.63) is 70.2 Å². The van der Waals surface area contributed by atoms with E-state index in [0.717, 1.165) is 17.4 Å². The lowest BCUT2D eigenvalue weighted by molar-refractivity contribution is 0.102. The summed E-state index contributed by atoms with van der Waals surface area (Å²) in [5.74, 6) is -1.43. The molecular formula is C20H19F2N5O3S2. The molecule has 1 saturated heterocycles. The molecule has 1 aliphatic rings. The normalized spacial score (nSPS) is 15.6. The summed E-state index contributed by atoms with van der Waals surface area (Å²) in [6.07, 6.45) is 0. The van der Waals surface area contributed by atoms with Gasteiger partial charge in [0, 0.05) is 31.9 Å². The molecular weight excluding hydrogens is 460 g/mol. The lowest BCUT2D eigenvalue weighted by atomic mass is 10.3. The van der Waals surface area contributed by atoms with Gasteiger partial charge in [-0.15, -0.1) is 10.2 Å². The third kappa shape index (κ3) is 5.15. The van der Waals surface area contributed by atoms with Crippen LogP contribution in [-0.2, 0) is 16.6 Å². The lowest BCUT2D eigenvalue weighted by Gasteiger charge is -2.33. The summed E-state index contributed by atoms with van der Waals surface area (Å²) in [6.45, 7) is 1.87. The van der Waals surface area contributed by atoms with E-state index in [0.29, 0.717) is 30.3 Å². The molecule has 0 bridgehead atoms. The maximum atomic E-state index is 13.4. The maximum Gasteiger partial charge on any atom is 0.286 e. The summed E-state index contributed by atoms with van der Waals surface area (Å²) in [6, 6.07) is 10.4. The highest BCUT2D eigenvalue weighted by atomic mass is 32.2. The van der Waals surface area contributed by atoms with Gasteiger partial charge in [-0.2, -0.15) is 4.31 Å². The Labute approximate surface area is 187 Å². The van der Waals surface area contributed by atoms with Gasteiger partial charge in [-0.1, -0.05) is 17.4 Å². The predicted octanol–water partition coefficient (Wildman–Crippen LogP) is 2.58. The van der Waals surface area contributed by atoms with E-state index in [-0.39, 0.29) is 23.0 Å². The van der Waals surface area contributed by atoms with Crippen molar-refractivity contribution in [1.29, 1.82) is 0 Å². The molecule has 1 aromatic heterocycles. The van der Waals surface area contributed by atoms with Crippen LogP contribution in [0.3, 0.4) is 0 Å². The molecule has 8 nitrogen and oxygen atoms in total. The molecule has 3 aromatic rings. The monoisotopic (exact) mass is 479 g/mol. The van der Waals surface area contributed by atoms with Crippen molar-refractivity contribution < 1.29 is 22.0 Å². The molecule has 0 unspecified atom stereocenters. The molecule has 2 aromatic carbocycles. The number of rotatable bonds is 6. The number of hydrogen-bond acceptors (Lipinski definition) is 7. The molecule has 168 valence electrons. The number of amides is 1. The van der Waals surface area contributed by atoms with Crippen LogP contribution in [0.25, 0.3) is 0 Å². The van der Waals surface area contributed by atoms with Gasteiger partial charge in [-0.05, 0) is 42.5 Å². The Hall–Kier alpha value is -2.80. The minimum Gasteiger partial charge on any atom is -0.320 e. The van der Waals surface area contributed by atoms with Crippen molar-refractivity contribution in [2.75, 3.05) is 31.5 Å². The molecule has 0 saturated carbocycles. The van der Waals surface area contributed by atoms with E-state index in [2.05, 4.69) is 15.5 Å². The first kappa shape index (κ1) is 22.4. The molecule has 0 spiro atoms. The van der Waals surface area contributed by atoms with Gasteiger partial charge in [0.05, 0.1) is 11.4 Å². The van der Waals surface area contributed by atoms with Crippen LogP contribution >= 0.6 is 11.3 Å². The predicted molar refractivity (Wildman–Crippen MR) is 115 cm³/mol. The first-order valence-corrected chi connectivity index (χ1v) is 11.9. The Kier molecular flexibility index (Phi) is 6.55. The second-order valence-corrected chi connectivity index (χ2v) is 10.1. The Morgan fingerprint density at radius 2 is 1.72 bits per heavy atom. The Morgan fingerprint density at radius 3 is 2.41 bits per heavy atom. The quantitative estimate of drug-likeness (QED) is 0.584. The van der Waals surface area contributed by atoms with E-state index in [1.165, 1.54) is 46.8 Å². The fourth-order valence-electron chi connectivity index (χ4n) is 3.22. The van der Waals surface area contributed by atoms with Crippen LogP contribution in [0, 0.1) is 11.6 Å². The van der Waals surface area contributed by atoms with Gasteiger partial charge >= 0.3 is 0 Å². The van der Waals surface area contributed by atoms with Crippen molar-refractivity contribution in [2.45, 2.75) is 11.4 Å². The number of carbonyl (C=O) groups is 1. The second-order valence-electron chi connectivity index (χ2n) is 7.10. The fourth-order valence-corrected chi connectivity index (χ4v) is 5.45. The number of benzene rings is 2. The molecule has 1 amide bonds. The van der Waals surface area contributed by atoms with E-state index in [1.54, 1.807) is 0 Å². The van der Waals surface area contributed by atoms with Gasteiger partial charge in [0.2, 0.25) is 15.0 Å². The first-order valence-electron chi connectivity index (χ1n) is 9.69. The van der Waals surface area contributed by atoms with Gasteiger partial charge in [0.25, 0.3) is 5.91 Å². The van der Waals surface area contributed by atoms with Crippen molar-refractivity contribution in [1.82, 2.24) is 19.4 Å². The van der Waals surface area contributed by atoms with Crippen LogP contribution in [-0.4, -0.2) is 59.9 Å². The van der Waals surface area contributed by atoms with E-state index in [1.807, 2.05) is 4.90 Å². The van der Waals surface area contributed by atoms with Gasteiger partial charge in [0.1, 0.15) is 16.6 Å². The van der Waals surface area contributed by atoms with E-state index >= 15 is 0 Å². The number of aromatic nitrogens is 2. The van der Waals surface area contributed by atoms with Crippen LogP contribution in [0.1, 0.15) is 14.8 Å². The Balaban J connectivity index is 1.32. The number of halogens is 2. The first-order chi connectivity index (χ1) is 15.3. The minimum atomic E-state index is -3.76. The van der Waals surface area contributed by atoms with Crippen LogP contribution in [0.2, 0.25) is 0 Å². The molecule has 32 heavy (non-hydrogen) atoms. The smallest absolute Gasteiger partial charge is 0.286 e. The minimum absolute atomic E-state index is 0.0631. The van der Waals surface area contributed by atoms with Gasteiger partial charge < -0.3 is 5.32 Å². The fraction of sp³-hybridized carbons (Fsp3) is 0.250. The maximum absolute atomic E-state index is 13.4. The van der Waals surface area contributed by atoms with Crippen LogP contribution in [0.5, 0.6) is 0 Å². The van der Waals surface area contributed by atoms with Crippen LogP contribution < -0.4 is 5.32 Å². The number of nitrogens with zero attached hydrogens (tertiary/aromatic N) is 4. The molecule has 2 heterocycles. The molecule has 12 heteroatoms. The highest BCUT2D eigenvalue weighted by Crippen LogP contribution is 2.20. The zero-order valence-corrected chi connectivity index (χ0v) is 18.4. The van der Waals surface area contributed by atoms with Crippen LogP contribution in [0.15, 0.2) is 53.4 Å². The third-order valence-corrected chi connectivity index (χ3v) is 7.69. The largest absolute Gasteiger partial charge is 0.320 e. The molecule has 0 radical (unpaired) electrons. The van der Waals surface area contributed by atoms with E-state index in [4.69, 9.17) is 0 Å². The number of sulfonamides is 1. The standard InChI is InChI=1S/C20H19F2N5O3S2/c21-14-4-6-16(7-5-14)23-19(28)20-25-24-18(31-20)13-26-8-10-27(11-9-26)32(29,30)17-3-1-2-15(22)12-17/h1-7,12H,8-11,13H2,(H,23,28). The van der Waals surface area contributed by atoms with Gasteiger partial charge in [-0.25, -0.2) is 17.2 Å². The molecule has 1 aliphatic heterocycles. The highest BCUT2D eigenvalue weighted by molar-refractivity contribution is 7.89. The van der Waals surface area contributed by atoms with Crippen molar-refractivity contribution in [2.24, 2.45) is 0 Å². The number of hydrogen-bond donors (Lipinski definition) is 1. The molecule has 0 aliphatic carbocycles. The number of anilines is 1. The third-order valence-electron chi connectivity index (χ3n) is 4.89. The lowest BCUT2D eigenvalue weighted by Crippen LogP contribution is -2.48. The summed E-state index contributed by atoms with van der Waals surface area (Å²) in [5.41, 5.74) is 0.448. The Morgan fingerprint density at radius 1 is 1.00 bits per heavy atom. The average molecular weight is 480 g/mol. The van der Waals surface area contributed by atoms with Crippen molar-refractivity contribution in [3.63, 3.8) is 0 Å². The summed E-state index contributed by atoms with van der Waals surface area (Å²) in [4.78, 5) is 14.3. The molecule has 4 rings (SSSR count). The summed E-state index contributed by atoms with van der Waals surface area (Å²) >= 11 is 1.14. The van der Waals surface area contributed by atoms with Crippen molar-refractivity contribution >= 4 is 33.0 Å². The highest BCUT2D eigenvalue weighted by Gasteiger charge is 2.29. The van der Waals surface area contributed by atoms with Gasteiger partial charge in [-0.3, -0.25) is 9.69 Å². The zero-order chi connectivity index (χ0) is 22.7. The SMILES string of the molecule is O=C(Nc1ccc(F)cc1)c1nnc(CN2CCN(S(=O)(=O)c3cccc(F)c3)CC2)s1. The molecule has 1 fully saturated rings. The molecule has 1 N–H and O–H groups in total. The summed E-state index contributed by atoms with van der Waals surface area (Å²) in [5, 5.41) is 11.4. The second kappa shape index (κ2) is 9.36. The topological polar surface area (TPSA) is 95.5 Å². The molecule has 0 atom stereocenters. The summed E-state index contributed by atoms with van der Waals surface area (Å²) < 4.78 is 53.1. The number of carbonyl (C=O) groups excluding carboxylic acids is 1. The Bertz CT molecular complexity index is 1210. The van der Waals surface area contributed by atoms with Crippen LogP contribution in [0.4, 0.5) is 14.5 Å². The summed E-state index contributed by atoms with van der Waals surface area (Å²) in [7, 11) is -3.76. The van der Waals surface area contributed by atoms with Gasteiger partial charge in [0.15, 0.2) is 0 Å². The number of nitrogens with one attached hydrogen (secondary N) is 1. The average Bonchev–Trinajstić information content (AvgIpc) is 3.24.